The fraction of sp³-hybridized carbons (Fsp3) is 0.600. The van der Waals surface area contributed by atoms with Gasteiger partial charge in [0.25, 0.3) is 0 Å². The molecule has 1 heterocycles. The van der Waals surface area contributed by atoms with Gasteiger partial charge in [-0.15, -0.1) is 0 Å². The predicted molar refractivity (Wildman–Crippen MR) is 57.2 cm³/mol. The first-order valence-electron chi connectivity index (χ1n) is 4.61. The number of hydrogen-bond donors (Lipinski definition) is 2. The Balaban J connectivity index is 2.22. The van der Waals surface area contributed by atoms with Crippen LogP contribution in [0.5, 0.6) is 0 Å². The third-order valence-electron chi connectivity index (χ3n) is 1.81. The number of rotatable bonds is 5. The Bertz CT molecular complexity index is 221. The zero-order valence-corrected chi connectivity index (χ0v) is 8.97. The maximum Gasteiger partial charge on any atom is 0.0705 e. The molecule has 0 aliphatic carbocycles. The van der Waals surface area contributed by atoms with E-state index < -0.39 is 0 Å². The monoisotopic (exact) mass is 199 g/mol. The summed E-state index contributed by atoms with van der Waals surface area (Å²) < 4.78 is 0. The summed E-state index contributed by atoms with van der Waals surface area (Å²) in [5.41, 5.74) is 1.23. The molecule has 2 nitrogen and oxygen atoms in total. The topological polar surface area (TPSA) is 32.3 Å². The van der Waals surface area contributed by atoms with Crippen LogP contribution in [0.3, 0.4) is 0 Å². The van der Waals surface area contributed by atoms with E-state index >= 15 is 0 Å². The number of thiophene rings is 1. The lowest BCUT2D eigenvalue weighted by Gasteiger charge is -2.13. The Morgan fingerprint density at radius 2 is 2.31 bits per heavy atom. The standard InChI is InChI=1S/C10H17NOS/c1-8(2)11-6-10(12)5-9-3-4-13-7-9/h3-4,7-8,10-12H,5-6H2,1-2H3. The summed E-state index contributed by atoms with van der Waals surface area (Å²) in [6, 6.07) is 2.50. The van der Waals surface area contributed by atoms with Crippen LogP contribution >= 0.6 is 11.3 Å². The molecule has 74 valence electrons. The summed E-state index contributed by atoms with van der Waals surface area (Å²) in [5.74, 6) is 0. The molecule has 0 fully saturated rings. The van der Waals surface area contributed by atoms with E-state index in [2.05, 4.69) is 30.6 Å². The smallest absolute Gasteiger partial charge is 0.0705 e. The van der Waals surface area contributed by atoms with Crippen molar-refractivity contribution in [3.05, 3.63) is 22.4 Å². The van der Waals surface area contributed by atoms with Crippen molar-refractivity contribution in [3.63, 3.8) is 0 Å². The molecule has 1 unspecified atom stereocenters. The van der Waals surface area contributed by atoms with Gasteiger partial charge in [0.2, 0.25) is 0 Å². The van der Waals surface area contributed by atoms with Crippen LogP contribution in [0.4, 0.5) is 0 Å². The van der Waals surface area contributed by atoms with Crippen LogP contribution in [0, 0.1) is 0 Å². The van der Waals surface area contributed by atoms with Crippen molar-refractivity contribution in [2.45, 2.75) is 32.4 Å². The van der Waals surface area contributed by atoms with Crippen LogP contribution in [-0.2, 0) is 6.42 Å². The van der Waals surface area contributed by atoms with E-state index in [0.717, 1.165) is 6.42 Å². The third-order valence-corrected chi connectivity index (χ3v) is 2.55. The third kappa shape index (κ3) is 4.41. The molecule has 1 aromatic heterocycles. The number of hydrogen-bond acceptors (Lipinski definition) is 3. The number of aliphatic hydroxyl groups excluding tert-OH is 1. The van der Waals surface area contributed by atoms with E-state index in [1.807, 2.05) is 5.38 Å². The molecule has 0 amide bonds. The summed E-state index contributed by atoms with van der Waals surface area (Å²) in [6.07, 6.45) is 0.487. The van der Waals surface area contributed by atoms with Crippen LogP contribution in [0.25, 0.3) is 0 Å². The van der Waals surface area contributed by atoms with Crippen molar-refractivity contribution >= 4 is 11.3 Å². The molecule has 1 atom stereocenters. The van der Waals surface area contributed by atoms with Gasteiger partial charge in [-0.1, -0.05) is 13.8 Å². The Kier molecular flexibility index (Phi) is 4.42. The van der Waals surface area contributed by atoms with Crippen molar-refractivity contribution in [3.8, 4) is 0 Å². The molecule has 3 heteroatoms. The number of aliphatic hydroxyl groups is 1. The van der Waals surface area contributed by atoms with Gasteiger partial charge in [-0.05, 0) is 22.4 Å². The summed E-state index contributed by atoms with van der Waals surface area (Å²) >= 11 is 1.67. The van der Waals surface area contributed by atoms with E-state index in [1.165, 1.54) is 5.56 Å². The van der Waals surface area contributed by atoms with Crippen LogP contribution in [0.2, 0.25) is 0 Å². The predicted octanol–water partition coefficient (Wildman–Crippen LogP) is 1.65. The molecule has 1 rings (SSSR count). The zero-order chi connectivity index (χ0) is 9.68. The number of nitrogens with one attached hydrogen (secondary N) is 1. The van der Waals surface area contributed by atoms with E-state index in [9.17, 15) is 5.11 Å². The van der Waals surface area contributed by atoms with Crippen molar-refractivity contribution in [1.29, 1.82) is 0 Å². The molecule has 0 aliphatic heterocycles. The summed E-state index contributed by atoms with van der Waals surface area (Å²) in [5, 5.41) is 16.9. The largest absolute Gasteiger partial charge is 0.391 e. The molecule has 0 spiro atoms. The highest BCUT2D eigenvalue weighted by Gasteiger charge is 2.05. The Morgan fingerprint density at radius 3 is 2.85 bits per heavy atom. The first-order chi connectivity index (χ1) is 6.18. The molecule has 0 radical (unpaired) electrons. The first-order valence-corrected chi connectivity index (χ1v) is 5.55. The van der Waals surface area contributed by atoms with Gasteiger partial charge in [0.15, 0.2) is 0 Å². The van der Waals surface area contributed by atoms with Crippen LogP contribution < -0.4 is 5.32 Å². The van der Waals surface area contributed by atoms with Crippen molar-refractivity contribution in [2.24, 2.45) is 0 Å². The van der Waals surface area contributed by atoms with Gasteiger partial charge < -0.3 is 10.4 Å². The lowest BCUT2D eigenvalue weighted by Crippen LogP contribution is -2.32. The molecular weight excluding hydrogens is 182 g/mol. The second-order valence-corrected chi connectivity index (χ2v) is 4.33. The Hall–Kier alpha value is -0.380. The highest BCUT2D eigenvalue weighted by molar-refractivity contribution is 7.07. The molecule has 0 saturated heterocycles. The molecular formula is C10H17NOS. The highest BCUT2D eigenvalue weighted by atomic mass is 32.1. The summed E-state index contributed by atoms with van der Waals surface area (Å²) in [4.78, 5) is 0. The first kappa shape index (κ1) is 10.7. The van der Waals surface area contributed by atoms with Gasteiger partial charge in [0.1, 0.15) is 0 Å². The lowest BCUT2D eigenvalue weighted by atomic mass is 10.1. The molecule has 0 aliphatic rings. The second-order valence-electron chi connectivity index (χ2n) is 3.55. The van der Waals surface area contributed by atoms with E-state index in [4.69, 9.17) is 0 Å². The highest BCUT2D eigenvalue weighted by Crippen LogP contribution is 2.08. The maximum absolute atomic E-state index is 9.61. The van der Waals surface area contributed by atoms with E-state index in [1.54, 1.807) is 11.3 Å². The summed E-state index contributed by atoms with van der Waals surface area (Å²) in [7, 11) is 0. The molecule has 2 N–H and O–H groups in total. The minimum atomic E-state index is -0.267. The zero-order valence-electron chi connectivity index (χ0n) is 8.16. The fourth-order valence-corrected chi connectivity index (χ4v) is 1.81. The maximum atomic E-state index is 9.61. The Morgan fingerprint density at radius 1 is 1.54 bits per heavy atom. The van der Waals surface area contributed by atoms with Gasteiger partial charge in [-0.2, -0.15) is 11.3 Å². The Labute approximate surface area is 83.6 Å². The molecule has 0 saturated carbocycles. The quantitative estimate of drug-likeness (QED) is 0.756. The van der Waals surface area contributed by atoms with Gasteiger partial charge in [0, 0.05) is 19.0 Å². The SMILES string of the molecule is CC(C)NCC(O)Cc1ccsc1. The fourth-order valence-electron chi connectivity index (χ4n) is 1.12. The minimum absolute atomic E-state index is 0.267. The normalized spacial score (nSPS) is 13.5. The summed E-state index contributed by atoms with van der Waals surface area (Å²) in [6.45, 7) is 4.84. The minimum Gasteiger partial charge on any atom is -0.391 e. The average Bonchev–Trinajstić information content (AvgIpc) is 2.53. The van der Waals surface area contributed by atoms with Gasteiger partial charge in [-0.3, -0.25) is 0 Å². The van der Waals surface area contributed by atoms with Gasteiger partial charge in [0.05, 0.1) is 6.10 Å². The van der Waals surface area contributed by atoms with Gasteiger partial charge >= 0.3 is 0 Å². The van der Waals surface area contributed by atoms with E-state index in [-0.39, 0.29) is 6.10 Å². The molecule has 0 aromatic carbocycles. The van der Waals surface area contributed by atoms with Crippen LogP contribution in [0.1, 0.15) is 19.4 Å². The second kappa shape index (κ2) is 5.37. The van der Waals surface area contributed by atoms with Crippen LogP contribution in [0.15, 0.2) is 16.8 Å². The van der Waals surface area contributed by atoms with Gasteiger partial charge in [-0.25, -0.2) is 0 Å². The van der Waals surface area contributed by atoms with E-state index in [0.29, 0.717) is 12.6 Å². The molecule has 0 bridgehead atoms. The average molecular weight is 199 g/mol. The van der Waals surface area contributed by atoms with Crippen molar-refractivity contribution < 1.29 is 5.11 Å². The van der Waals surface area contributed by atoms with Crippen molar-refractivity contribution in [2.75, 3.05) is 6.54 Å². The van der Waals surface area contributed by atoms with Crippen LogP contribution in [-0.4, -0.2) is 23.8 Å². The van der Waals surface area contributed by atoms with Crippen molar-refractivity contribution in [1.82, 2.24) is 5.32 Å². The molecule has 1 aromatic rings. The lowest BCUT2D eigenvalue weighted by molar-refractivity contribution is 0.169. The molecule has 13 heavy (non-hydrogen) atoms.